The lowest BCUT2D eigenvalue weighted by Gasteiger charge is -2.34. The van der Waals surface area contributed by atoms with E-state index in [1.807, 2.05) is 6.07 Å². The van der Waals surface area contributed by atoms with Gasteiger partial charge < -0.3 is 9.88 Å². The van der Waals surface area contributed by atoms with Gasteiger partial charge in [-0.1, -0.05) is 6.07 Å². The topological polar surface area (TPSA) is 99.7 Å². The van der Waals surface area contributed by atoms with Crippen LogP contribution in [0.5, 0.6) is 0 Å². The van der Waals surface area contributed by atoms with Crippen molar-refractivity contribution in [1.82, 2.24) is 25.1 Å². The van der Waals surface area contributed by atoms with Crippen LogP contribution in [0.2, 0.25) is 0 Å². The van der Waals surface area contributed by atoms with Gasteiger partial charge in [-0.15, -0.1) is 10.2 Å². The van der Waals surface area contributed by atoms with Crippen LogP contribution in [0.15, 0.2) is 48.8 Å². The molecule has 2 aromatic heterocycles. The Morgan fingerprint density at radius 2 is 1.89 bits per heavy atom. The lowest BCUT2D eigenvalue weighted by molar-refractivity contribution is -0.138. The van der Waals surface area contributed by atoms with Crippen LogP contribution in [0.1, 0.15) is 76.3 Å². The zero-order valence-electron chi connectivity index (χ0n) is 24.5. The maximum atomic E-state index is 14.5. The molecule has 2 saturated carbocycles. The predicted octanol–water partition coefficient (Wildman–Crippen LogP) is 6.45. The van der Waals surface area contributed by atoms with Gasteiger partial charge in [0.25, 0.3) is 5.91 Å². The number of fused-ring (bicyclic) bond motifs is 1. The van der Waals surface area contributed by atoms with Crippen molar-refractivity contribution in [2.75, 3.05) is 11.4 Å². The van der Waals surface area contributed by atoms with Crippen molar-refractivity contribution < 1.29 is 22.4 Å². The minimum absolute atomic E-state index is 0.0123. The molecule has 0 radical (unpaired) electrons. The highest BCUT2D eigenvalue weighted by Gasteiger charge is 2.41. The molecule has 45 heavy (non-hydrogen) atoms. The summed E-state index contributed by atoms with van der Waals surface area (Å²) in [5, 5.41) is 20.7. The molecular formula is C33H29F4N7O. The fourth-order valence-electron chi connectivity index (χ4n) is 6.17. The maximum Gasteiger partial charge on any atom is 0.416 e. The molecule has 4 aromatic rings. The summed E-state index contributed by atoms with van der Waals surface area (Å²) in [6.45, 7) is -0.218. The third-order valence-corrected chi connectivity index (χ3v) is 8.94. The van der Waals surface area contributed by atoms with E-state index in [4.69, 9.17) is 4.98 Å². The molecule has 0 saturated heterocycles. The third-order valence-electron chi connectivity index (χ3n) is 8.94. The maximum absolute atomic E-state index is 14.5. The molecule has 12 heteroatoms. The molecule has 2 aromatic carbocycles. The van der Waals surface area contributed by atoms with Gasteiger partial charge in [0.05, 0.1) is 23.7 Å². The molecular weight excluding hydrogens is 586 g/mol. The Labute approximate surface area is 256 Å². The molecule has 1 N–H and O–H groups in total. The number of amides is 1. The van der Waals surface area contributed by atoms with Crippen LogP contribution in [-0.2, 0) is 26.3 Å². The lowest BCUT2D eigenvalue weighted by Crippen LogP contribution is -2.42. The van der Waals surface area contributed by atoms with E-state index in [2.05, 4.69) is 21.6 Å². The van der Waals surface area contributed by atoms with E-state index >= 15 is 0 Å². The Hall–Kier alpha value is -4.63. The molecule has 3 aliphatic rings. The molecule has 2 aliphatic carbocycles. The number of aryl methyl sites for hydroxylation is 1. The van der Waals surface area contributed by atoms with E-state index in [1.54, 1.807) is 42.2 Å². The van der Waals surface area contributed by atoms with E-state index in [9.17, 15) is 27.6 Å². The summed E-state index contributed by atoms with van der Waals surface area (Å²) >= 11 is 0. The van der Waals surface area contributed by atoms with E-state index in [-0.39, 0.29) is 48.1 Å². The SMILES string of the molecule is Cn1cnnc1-c1cc(C#N)ccc1-c1cc(C2CC2)nc(N2Cc3c(cc(CNCC4(F)CCC4)cc3C(F)(F)F)C2=O)c1. The number of aromatic nitrogens is 4. The second kappa shape index (κ2) is 10.8. The van der Waals surface area contributed by atoms with Crippen LogP contribution >= 0.6 is 0 Å². The van der Waals surface area contributed by atoms with Gasteiger partial charge in [0, 0.05) is 42.9 Å². The molecule has 0 atom stereocenters. The van der Waals surface area contributed by atoms with Crippen molar-refractivity contribution in [3.63, 3.8) is 0 Å². The standard InChI is InChI=1S/C33H29F4N7O/c1-43-18-40-42-30(43)24-9-19(14-38)3-6-23(24)22-12-28(21-4-5-21)41-29(13-22)44-16-26-25(31(44)45)10-20(11-27(26)33(35,36)37)15-39-17-32(34)7-2-8-32/h3,6,9-13,18,21,39H,2,4-5,7-8,15-17H2,1H3. The number of rotatable bonds is 8. The second-order valence-corrected chi connectivity index (χ2v) is 12.2. The number of carbonyl (C=O) groups is 1. The van der Waals surface area contributed by atoms with Gasteiger partial charge in [-0.05, 0) is 90.8 Å². The number of nitrogens with zero attached hydrogens (tertiary/aromatic N) is 6. The highest BCUT2D eigenvalue weighted by molar-refractivity contribution is 6.10. The Morgan fingerprint density at radius 1 is 1.09 bits per heavy atom. The fraction of sp³-hybridized carbons (Fsp3) is 0.364. The van der Waals surface area contributed by atoms with Crippen molar-refractivity contribution in [3.05, 3.63) is 82.3 Å². The quantitative estimate of drug-likeness (QED) is 0.229. The molecule has 0 bridgehead atoms. The number of halogens is 4. The van der Waals surface area contributed by atoms with E-state index in [0.717, 1.165) is 36.6 Å². The number of nitriles is 1. The molecule has 1 amide bonds. The minimum Gasteiger partial charge on any atom is -0.317 e. The van der Waals surface area contributed by atoms with Crippen molar-refractivity contribution >= 4 is 11.7 Å². The molecule has 2 fully saturated rings. The number of pyridine rings is 1. The summed E-state index contributed by atoms with van der Waals surface area (Å²) in [7, 11) is 1.79. The van der Waals surface area contributed by atoms with Gasteiger partial charge in [-0.25, -0.2) is 9.37 Å². The van der Waals surface area contributed by atoms with Crippen LogP contribution in [0.3, 0.4) is 0 Å². The number of hydrogen-bond acceptors (Lipinski definition) is 6. The lowest BCUT2D eigenvalue weighted by atomic mass is 9.82. The summed E-state index contributed by atoms with van der Waals surface area (Å²) in [4.78, 5) is 19.9. The van der Waals surface area contributed by atoms with Crippen LogP contribution in [-0.4, -0.2) is 37.9 Å². The normalized spacial score (nSPS) is 17.2. The number of carbonyl (C=O) groups excluding carboxylic acids is 1. The van der Waals surface area contributed by atoms with E-state index in [1.165, 1.54) is 11.0 Å². The van der Waals surface area contributed by atoms with Crippen LogP contribution < -0.4 is 10.2 Å². The minimum atomic E-state index is -4.69. The van der Waals surface area contributed by atoms with Crippen LogP contribution in [0.4, 0.5) is 23.4 Å². The van der Waals surface area contributed by atoms with Crippen LogP contribution in [0, 0.1) is 11.3 Å². The second-order valence-electron chi connectivity index (χ2n) is 12.2. The van der Waals surface area contributed by atoms with Gasteiger partial charge in [0.1, 0.15) is 17.8 Å². The largest absolute Gasteiger partial charge is 0.416 e. The Balaban J connectivity index is 1.27. The first-order valence-corrected chi connectivity index (χ1v) is 14.9. The van der Waals surface area contributed by atoms with Crippen LogP contribution in [0.25, 0.3) is 22.5 Å². The first-order chi connectivity index (χ1) is 21.5. The van der Waals surface area contributed by atoms with E-state index in [0.29, 0.717) is 35.4 Å². The number of hydrogen-bond donors (Lipinski definition) is 1. The molecule has 0 spiro atoms. The molecule has 7 rings (SSSR count). The van der Waals surface area contributed by atoms with Crippen molar-refractivity contribution in [2.45, 2.75) is 63.0 Å². The smallest absolute Gasteiger partial charge is 0.317 e. The molecule has 1 aliphatic heterocycles. The third kappa shape index (κ3) is 5.46. The van der Waals surface area contributed by atoms with Gasteiger partial charge in [-0.3, -0.25) is 9.69 Å². The summed E-state index contributed by atoms with van der Waals surface area (Å²) in [6, 6.07) is 13.5. The summed E-state index contributed by atoms with van der Waals surface area (Å²) in [5.41, 5.74) is 1.19. The predicted molar refractivity (Wildman–Crippen MR) is 158 cm³/mol. The first-order valence-electron chi connectivity index (χ1n) is 14.9. The fourth-order valence-corrected chi connectivity index (χ4v) is 6.17. The van der Waals surface area contributed by atoms with Gasteiger partial charge >= 0.3 is 6.18 Å². The number of nitrogens with one attached hydrogen (secondary N) is 1. The summed E-state index contributed by atoms with van der Waals surface area (Å²) < 4.78 is 59.2. The first kappa shape index (κ1) is 29.1. The Kier molecular flexibility index (Phi) is 6.96. The monoisotopic (exact) mass is 615 g/mol. The molecule has 3 heterocycles. The Morgan fingerprint density at radius 3 is 2.53 bits per heavy atom. The van der Waals surface area contributed by atoms with E-state index < -0.39 is 23.3 Å². The number of alkyl halides is 4. The number of anilines is 1. The Bertz CT molecular complexity index is 1870. The van der Waals surface area contributed by atoms with Gasteiger partial charge in [-0.2, -0.15) is 18.4 Å². The molecule has 8 nitrogen and oxygen atoms in total. The van der Waals surface area contributed by atoms with Crippen molar-refractivity contribution in [2.24, 2.45) is 7.05 Å². The van der Waals surface area contributed by atoms with Crippen molar-refractivity contribution in [1.29, 1.82) is 5.26 Å². The molecule has 230 valence electrons. The zero-order valence-corrected chi connectivity index (χ0v) is 24.5. The van der Waals surface area contributed by atoms with Gasteiger partial charge in [0.15, 0.2) is 5.82 Å². The summed E-state index contributed by atoms with van der Waals surface area (Å²) in [6.07, 6.45) is 0.366. The van der Waals surface area contributed by atoms with Crippen molar-refractivity contribution in [3.8, 4) is 28.6 Å². The molecule has 0 unspecified atom stereocenters. The van der Waals surface area contributed by atoms with Gasteiger partial charge in [0.2, 0.25) is 0 Å². The number of benzene rings is 2. The highest BCUT2D eigenvalue weighted by Crippen LogP contribution is 2.44. The summed E-state index contributed by atoms with van der Waals surface area (Å²) in [5.74, 6) is 0.391. The average Bonchev–Trinajstić information content (AvgIpc) is 3.69. The average molecular weight is 616 g/mol. The highest BCUT2D eigenvalue weighted by atomic mass is 19.4. The zero-order chi connectivity index (χ0) is 31.5.